The highest BCUT2D eigenvalue weighted by atomic mass is 15.2. The summed E-state index contributed by atoms with van der Waals surface area (Å²) in [6.07, 6.45) is 9.03. The fourth-order valence-electron chi connectivity index (χ4n) is 2.08. The van der Waals surface area contributed by atoms with Gasteiger partial charge in [0.15, 0.2) is 0 Å². The summed E-state index contributed by atoms with van der Waals surface area (Å²) in [5, 5.41) is 0. The second kappa shape index (κ2) is 5.34. The van der Waals surface area contributed by atoms with Crippen molar-refractivity contribution in [1.82, 2.24) is 15.0 Å². The van der Waals surface area contributed by atoms with Gasteiger partial charge in [0.25, 0.3) is 0 Å². The highest BCUT2D eigenvalue weighted by Gasteiger charge is 2.26. The summed E-state index contributed by atoms with van der Waals surface area (Å²) >= 11 is 0. The van der Waals surface area contributed by atoms with E-state index in [1.54, 1.807) is 0 Å². The van der Waals surface area contributed by atoms with E-state index in [0.717, 1.165) is 24.6 Å². The van der Waals surface area contributed by atoms with Crippen molar-refractivity contribution in [3.63, 3.8) is 0 Å². The first kappa shape index (κ1) is 12.1. The van der Waals surface area contributed by atoms with Crippen LogP contribution in [0.2, 0.25) is 0 Å². The molecule has 1 fully saturated rings. The number of nitrogens with zero attached hydrogens (tertiary/aromatic N) is 4. The van der Waals surface area contributed by atoms with Crippen molar-refractivity contribution in [2.75, 3.05) is 18.5 Å². The van der Waals surface area contributed by atoms with Gasteiger partial charge in [0, 0.05) is 38.1 Å². The second-order valence-corrected chi connectivity index (χ2v) is 5.07. The third-order valence-electron chi connectivity index (χ3n) is 3.48. The van der Waals surface area contributed by atoms with E-state index in [4.69, 9.17) is 0 Å². The van der Waals surface area contributed by atoms with Gasteiger partial charge in [-0.25, -0.2) is 9.97 Å². The number of pyridine rings is 1. The average Bonchev–Trinajstić information content (AvgIpc) is 3.31. The zero-order chi connectivity index (χ0) is 13.1. The van der Waals surface area contributed by atoms with Gasteiger partial charge in [-0.05, 0) is 43.0 Å². The fraction of sp³-hybridized carbons (Fsp3) is 0.400. The van der Waals surface area contributed by atoms with Crippen molar-refractivity contribution >= 4 is 5.82 Å². The van der Waals surface area contributed by atoms with Crippen LogP contribution in [0.15, 0.2) is 36.8 Å². The highest BCUT2D eigenvalue weighted by Crippen LogP contribution is 2.38. The second-order valence-electron chi connectivity index (χ2n) is 5.07. The number of hydrogen-bond donors (Lipinski definition) is 0. The van der Waals surface area contributed by atoms with E-state index in [0.29, 0.717) is 5.92 Å². The van der Waals surface area contributed by atoms with Crippen molar-refractivity contribution in [2.24, 2.45) is 0 Å². The molecule has 4 nitrogen and oxygen atoms in total. The van der Waals surface area contributed by atoms with Crippen LogP contribution in [-0.4, -0.2) is 28.5 Å². The summed E-state index contributed by atoms with van der Waals surface area (Å²) in [4.78, 5) is 15.2. The van der Waals surface area contributed by atoms with Gasteiger partial charge in [-0.1, -0.05) is 0 Å². The molecule has 2 heterocycles. The molecule has 1 saturated carbocycles. The van der Waals surface area contributed by atoms with E-state index in [-0.39, 0.29) is 0 Å². The number of aromatic nitrogens is 3. The average molecular weight is 254 g/mol. The first-order valence-electron chi connectivity index (χ1n) is 6.76. The summed E-state index contributed by atoms with van der Waals surface area (Å²) in [7, 11) is 2.08. The monoisotopic (exact) mass is 254 g/mol. The standard InChI is InChI=1S/C15H18N4/c1-19(11-7-12-4-8-16-9-5-12)14-6-10-17-15(18-14)13-2-3-13/h4-6,8-10,13H,2-3,7,11H2,1H3. The molecule has 0 spiro atoms. The Balaban J connectivity index is 1.63. The van der Waals surface area contributed by atoms with E-state index >= 15 is 0 Å². The normalized spacial score (nSPS) is 14.4. The quantitative estimate of drug-likeness (QED) is 0.821. The first-order valence-corrected chi connectivity index (χ1v) is 6.76. The summed E-state index contributed by atoms with van der Waals surface area (Å²) < 4.78 is 0. The molecule has 0 bridgehead atoms. The number of rotatable bonds is 5. The Morgan fingerprint density at radius 2 is 1.95 bits per heavy atom. The molecule has 2 aromatic heterocycles. The molecule has 3 rings (SSSR count). The molecule has 0 aliphatic heterocycles. The van der Waals surface area contributed by atoms with Gasteiger partial charge in [0.1, 0.15) is 11.6 Å². The van der Waals surface area contributed by atoms with Crippen LogP contribution in [0.5, 0.6) is 0 Å². The Hall–Kier alpha value is -1.97. The van der Waals surface area contributed by atoms with Crippen LogP contribution in [0.3, 0.4) is 0 Å². The molecule has 19 heavy (non-hydrogen) atoms. The summed E-state index contributed by atoms with van der Waals surface area (Å²) in [5.41, 5.74) is 1.30. The molecule has 0 unspecified atom stereocenters. The number of anilines is 1. The molecule has 0 aromatic carbocycles. The minimum atomic E-state index is 0.605. The molecule has 0 atom stereocenters. The molecule has 0 radical (unpaired) electrons. The molecule has 1 aliphatic rings. The van der Waals surface area contributed by atoms with Crippen molar-refractivity contribution < 1.29 is 0 Å². The minimum absolute atomic E-state index is 0.605. The maximum atomic E-state index is 4.65. The van der Waals surface area contributed by atoms with E-state index in [1.807, 2.05) is 24.7 Å². The Morgan fingerprint density at radius 3 is 2.68 bits per heavy atom. The Labute approximate surface area is 113 Å². The van der Waals surface area contributed by atoms with Crippen LogP contribution in [0.25, 0.3) is 0 Å². The lowest BCUT2D eigenvalue weighted by atomic mass is 10.2. The molecule has 2 aromatic rings. The first-order chi connectivity index (χ1) is 9.33. The number of hydrogen-bond acceptors (Lipinski definition) is 4. The predicted molar refractivity (Wildman–Crippen MR) is 75.2 cm³/mol. The minimum Gasteiger partial charge on any atom is -0.359 e. The molecule has 0 saturated heterocycles. The van der Waals surface area contributed by atoms with E-state index < -0.39 is 0 Å². The van der Waals surface area contributed by atoms with E-state index in [2.05, 4.69) is 39.0 Å². The molecule has 0 N–H and O–H groups in total. The van der Waals surface area contributed by atoms with Gasteiger partial charge in [0.05, 0.1) is 0 Å². The lowest BCUT2D eigenvalue weighted by molar-refractivity contribution is 0.833. The highest BCUT2D eigenvalue weighted by molar-refractivity contribution is 5.37. The van der Waals surface area contributed by atoms with Crippen LogP contribution in [-0.2, 0) is 6.42 Å². The van der Waals surface area contributed by atoms with Gasteiger partial charge < -0.3 is 4.90 Å². The van der Waals surface area contributed by atoms with Crippen molar-refractivity contribution in [1.29, 1.82) is 0 Å². The molecular formula is C15H18N4. The van der Waals surface area contributed by atoms with Gasteiger partial charge in [-0.15, -0.1) is 0 Å². The van der Waals surface area contributed by atoms with Crippen LogP contribution >= 0.6 is 0 Å². The Morgan fingerprint density at radius 1 is 1.16 bits per heavy atom. The molecule has 0 amide bonds. The summed E-state index contributed by atoms with van der Waals surface area (Å²) in [6, 6.07) is 6.10. The lowest BCUT2D eigenvalue weighted by Gasteiger charge is -2.18. The zero-order valence-electron chi connectivity index (χ0n) is 11.2. The van der Waals surface area contributed by atoms with Crippen molar-refractivity contribution in [2.45, 2.75) is 25.2 Å². The van der Waals surface area contributed by atoms with Crippen molar-refractivity contribution in [3.8, 4) is 0 Å². The topological polar surface area (TPSA) is 41.9 Å². The summed E-state index contributed by atoms with van der Waals surface area (Å²) in [5.74, 6) is 2.63. The molecule has 4 heteroatoms. The van der Waals surface area contributed by atoms with Crippen LogP contribution in [0.4, 0.5) is 5.82 Å². The van der Waals surface area contributed by atoms with E-state index in [9.17, 15) is 0 Å². The largest absolute Gasteiger partial charge is 0.359 e. The van der Waals surface area contributed by atoms with Gasteiger partial charge in [-0.2, -0.15) is 0 Å². The van der Waals surface area contributed by atoms with Gasteiger partial charge in [0.2, 0.25) is 0 Å². The maximum Gasteiger partial charge on any atom is 0.133 e. The molecule has 98 valence electrons. The van der Waals surface area contributed by atoms with Crippen LogP contribution in [0.1, 0.15) is 30.1 Å². The third-order valence-corrected chi connectivity index (χ3v) is 3.48. The smallest absolute Gasteiger partial charge is 0.133 e. The zero-order valence-corrected chi connectivity index (χ0v) is 11.2. The predicted octanol–water partition coefficient (Wildman–Crippen LogP) is 2.43. The summed E-state index contributed by atoms with van der Waals surface area (Å²) in [6.45, 7) is 0.950. The molecular weight excluding hydrogens is 236 g/mol. The van der Waals surface area contributed by atoms with Crippen LogP contribution < -0.4 is 4.90 Å². The maximum absolute atomic E-state index is 4.65. The van der Waals surface area contributed by atoms with Gasteiger partial charge in [-0.3, -0.25) is 4.98 Å². The fourth-order valence-corrected chi connectivity index (χ4v) is 2.08. The van der Waals surface area contributed by atoms with Crippen molar-refractivity contribution in [3.05, 3.63) is 48.2 Å². The Kier molecular flexibility index (Phi) is 3.40. The van der Waals surface area contributed by atoms with E-state index in [1.165, 1.54) is 18.4 Å². The molecule has 1 aliphatic carbocycles. The SMILES string of the molecule is CN(CCc1ccncc1)c1ccnc(C2CC2)n1. The lowest BCUT2D eigenvalue weighted by Crippen LogP contribution is -2.21. The third kappa shape index (κ3) is 3.08. The number of likely N-dealkylation sites (N-methyl/N-ethyl adjacent to an activating group) is 1. The van der Waals surface area contributed by atoms with Gasteiger partial charge >= 0.3 is 0 Å². The Bertz CT molecular complexity index is 537. The van der Waals surface area contributed by atoms with Crippen LogP contribution in [0, 0.1) is 0 Å².